The molecule has 0 amide bonds. The van der Waals surface area contributed by atoms with Crippen LogP contribution in [0.5, 0.6) is 0 Å². The molecular formula is C19H28N2O4. The summed E-state index contributed by atoms with van der Waals surface area (Å²) in [5, 5.41) is 14.8. The Morgan fingerprint density at radius 3 is 2.16 bits per heavy atom. The van der Waals surface area contributed by atoms with Crippen LogP contribution in [0.25, 0.3) is 0 Å². The van der Waals surface area contributed by atoms with Crippen molar-refractivity contribution in [3.63, 3.8) is 0 Å². The van der Waals surface area contributed by atoms with Crippen LogP contribution in [-0.4, -0.2) is 64.2 Å². The predicted octanol–water partition coefficient (Wildman–Crippen LogP) is 2.21. The summed E-state index contributed by atoms with van der Waals surface area (Å²) in [5.41, 5.74) is 2.84. The first-order valence-electron chi connectivity index (χ1n) is 8.94. The van der Waals surface area contributed by atoms with Gasteiger partial charge in [0.1, 0.15) is 0 Å². The number of piperazine rings is 1. The lowest BCUT2D eigenvalue weighted by atomic mass is 10.1. The molecule has 0 spiro atoms. The lowest BCUT2D eigenvalue weighted by Gasteiger charge is -2.38. The zero-order valence-corrected chi connectivity index (χ0v) is 14.9. The Labute approximate surface area is 149 Å². The smallest absolute Gasteiger partial charge is 0.414 e. The molecule has 0 radical (unpaired) electrons. The molecule has 138 valence electrons. The standard InChI is InChI=1S/C17H26N2.C2H2O4/c1-15-5-4-6-16(13-15)14-18-9-11-19(12-10-18)17-7-2-3-8-17;3-1(4)2(5)6/h4-6,13,17H,2-3,7-12,14H2,1H3;(H,3,4)(H,5,6). The van der Waals surface area contributed by atoms with E-state index in [9.17, 15) is 0 Å². The van der Waals surface area contributed by atoms with Crippen LogP contribution in [0.15, 0.2) is 24.3 Å². The molecule has 1 aliphatic heterocycles. The van der Waals surface area contributed by atoms with Crippen molar-refractivity contribution >= 4 is 11.9 Å². The highest BCUT2D eigenvalue weighted by Gasteiger charge is 2.25. The Balaban J connectivity index is 0.000000326. The average Bonchev–Trinajstić information content (AvgIpc) is 3.10. The summed E-state index contributed by atoms with van der Waals surface area (Å²) < 4.78 is 0. The van der Waals surface area contributed by atoms with Crippen molar-refractivity contribution in [3.05, 3.63) is 35.4 Å². The first-order valence-corrected chi connectivity index (χ1v) is 8.94. The maximum Gasteiger partial charge on any atom is 0.414 e. The second-order valence-electron chi connectivity index (χ2n) is 6.85. The summed E-state index contributed by atoms with van der Waals surface area (Å²) in [4.78, 5) is 23.5. The molecule has 1 aromatic rings. The van der Waals surface area contributed by atoms with Gasteiger partial charge in [0, 0.05) is 38.8 Å². The molecule has 1 aliphatic carbocycles. The summed E-state index contributed by atoms with van der Waals surface area (Å²) in [5.74, 6) is -3.65. The van der Waals surface area contributed by atoms with Crippen molar-refractivity contribution in [2.45, 2.75) is 45.2 Å². The molecule has 2 N–H and O–H groups in total. The minimum Gasteiger partial charge on any atom is -0.473 e. The van der Waals surface area contributed by atoms with Crippen molar-refractivity contribution in [1.82, 2.24) is 9.80 Å². The van der Waals surface area contributed by atoms with E-state index in [-0.39, 0.29) is 0 Å². The lowest BCUT2D eigenvalue weighted by Crippen LogP contribution is -2.49. The molecular weight excluding hydrogens is 320 g/mol. The second-order valence-corrected chi connectivity index (χ2v) is 6.85. The number of carboxylic acid groups (broad SMARTS) is 2. The number of hydrogen-bond donors (Lipinski definition) is 2. The molecule has 1 saturated carbocycles. The summed E-state index contributed by atoms with van der Waals surface area (Å²) in [6.07, 6.45) is 5.79. The minimum absolute atomic E-state index is 0.904. The molecule has 0 bridgehead atoms. The normalized spacial score (nSPS) is 19.2. The van der Waals surface area contributed by atoms with Crippen LogP contribution in [-0.2, 0) is 16.1 Å². The van der Waals surface area contributed by atoms with Crippen LogP contribution in [0.1, 0.15) is 36.8 Å². The second kappa shape index (κ2) is 9.53. The zero-order valence-electron chi connectivity index (χ0n) is 14.9. The van der Waals surface area contributed by atoms with Gasteiger partial charge in [-0.2, -0.15) is 0 Å². The van der Waals surface area contributed by atoms with Gasteiger partial charge in [-0.05, 0) is 25.3 Å². The molecule has 6 heteroatoms. The molecule has 0 unspecified atom stereocenters. The van der Waals surface area contributed by atoms with Gasteiger partial charge < -0.3 is 10.2 Å². The molecule has 25 heavy (non-hydrogen) atoms. The molecule has 0 atom stereocenters. The monoisotopic (exact) mass is 348 g/mol. The number of carbonyl (C=O) groups is 2. The van der Waals surface area contributed by atoms with E-state index < -0.39 is 11.9 Å². The third-order valence-corrected chi connectivity index (χ3v) is 4.92. The van der Waals surface area contributed by atoms with Gasteiger partial charge in [0.25, 0.3) is 0 Å². The zero-order chi connectivity index (χ0) is 18.2. The summed E-state index contributed by atoms with van der Waals surface area (Å²) in [7, 11) is 0. The van der Waals surface area contributed by atoms with Crippen molar-refractivity contribution in [2.75, 3.05) is 26.2 Å². The van der Waals surface area contributed by atoms with E-state index in [2.05, 4.69) is 41.0 Å². The molecule has 3 rings (SSSR count). The Morgan fingerprint density at radius 1 is 1.04 bits per heavy atom. The van der Waals surface area contributed by atoms with Crippen LogP contribution in [0.2, 0.25) is 0 Å². The number of nitrogens with zero attached hydrogens (tertiary/aromatic N) is 2. The molecule has 1 heterocycles. The van der Waals surface area contributed by atoms with Crippen LogP contribution in [0.3, 0.4) is 0 Å². The van der Waals surface area contributed by atoms with Crippen LogP contribution >= 0.6 is 0 Å². The molecule has 1 saturated heterocycles. The fourth-order valence-electron chi connectivity index (χ4n) is 3.62. The number of hydrogen-bond acceptors (Lipinski definition) is 4. The maximum atomic E-state index is 9.10. The Morgan fingerprint density at radius 2 is 1.64 bits per heavy atom. The Kier molecular flexibility index (Phi) is 7.40. The first kappa shape index (κ1) is 19.4. The van der Waals surface area contributed by atoms with Crippen molar-refractivity contribution in [2.24, 2.45) is 0 Å². The summed E-state index contributed by atoms with van der Waals surface area (Å²) in [6, 6.07) is 9.85. The average molecular weight is 348 g/mol. The number of carboxylic acids is 2. The summed E-state index contributed by atoms with van der Waals surface area (Å²) >= 11 is 0. The van der Waals surface area contributed by atoms with Gasteiger partial charge in [-0.15, -0.1) is 0 Å². The van der Waals surface area contributed by atoms with Crippen molar-refractivity contribution in [3.8, 4) is 0 Å². The molecule has 0 aromatic heterocycles. The Bertz CT molecular complexity index is 565. The van der Waals surface area contributed by atoms with Gasteiger partial charge in [-0.1, -0.05) is 42.7 Å². The SMILES string of the molecule is Cc1cccc(CN2CCN(C3CCCC3)CC2)c1.O=C(O)C(=O)O. The van der Waals surface area contributed by atoms with Gasteiger partial charge in [0.15, 0.2) is 0 Å². The predicted molar refractivity (Wildman–Crippen MR) is 95.6 cm³/mol. The number of rotatable bonds is 3. The van der Waals surface area contributed by atoms with E-state index in [4.69, 9.17) is 19.8 Å². The van der Waals surface area contributed by atoms with Gasteiger partial charge in [0.05, 0.1) is 0 Å². The van der Waals surface area contributed by atoms with E-state index in [1.54, 1.807) is 0 Å². The fraction of sp³-hybridized carbons (Fsp3) is 0.579. The highest BCUT2D eigenvalue weighted by atomic mass is 16.4. The molecule has 1 aromatic carbocycles. The Hall–Kier alpha value is -1.92. The molecule has 2 fully saturated rings. The van der Waals surface area contributed by atoms with E-state index in [0.29, 0.717) is 0 Å². The van der Waals surface area contributed by atoms with Gasteiger partial charge in [-0.25, -0.2) is 9.59 Å². The first-order chi connectivity index (χ1) is 12.0. The van der Waals surface area contributed by atoms with E-state index >= 15 is 0 Å². The van der Waals surface area contributed by atoms with E-state index in [0.717, 1.165) is 12.6 Å². The third-order valence-electron chi connectivity index (χ3n) is 4.92. The third kappa shape index (κ3) is 6.48. The van der Waals surface area contributed by atoms with Crippen LogP contribution in [0, 0.1) is 6.92 Å². The number of benzene rings is 1. The summed E-state index contributed by atoms with van der Waals surface area (Å²) in [6.45, 7) is 8.34. The highest BCUT2D eigenvalue weighted by molar-refractivity contribution is 6.27. The highest BCUT2D eigenvalue weighted by Crippen LogP contribution is 2.24. The minimum atomic E-state index is -1.82. The van der Waals surface area contributed by atoms with Crippen molar-refractivity contribution in [1.29, 1.82) is 0 Å². The topological polar surface area (TPSA) is 81.1 Å². The van der Waals surface area contributed by atoms with Gasteiger partial charge in [-0.3, -0.25) is 9.80 Å². The van der Waals surface area contributed by atoms with E-state index in [1.807, 2.05) is 0 Å². The lowest BCUT2D eigenvalue weighted by molar-refractivity contribution is -0.159. The molecule has 2 aliphatic rings. The van der Waals surface area contributed by atoms with Crippen LogP contribution in [0.4, 0.5) is 0 Å². The molecule has 6 nitrogen and oxygen atoms in total. The van der Waals surface area contributed by atoms with Crippen LogP contribution < -0.4 is 0 Å². The van der Waals surface area contributed by atoms with Gasteiger partial charge >= 0.3 is 11.9 Å². The maximum absolute atomic E-state index is 9.10. The largest absolute Gasteiger partial charge is 0.473 e. The van der Waals surface area contributed by atoms with E-state index in [1.165, 1.54) is 63.0 Å². The van der Waals surface area contributed by atoms with Gasteiger partial charge in [0.2, 0.25) is 0 Å². The van der Waals surface area contributed by atoms with Crippen molar-refractivity contribution < 1.29 is 19.8 Å². The fourth-order valence-corrected chi connectivity index (χ4v) is 3.62. The number of aryl methyl sites for hydroxylation is 1. The quantitative estimate of drug-likeness (QED) is 0.815. The number of aliphatic carboxylic acids is 2.